The van der Waals surface area contributed by atoms with Crippen LogP contribution >= 0.6 is 11.6 Å². The zero-order valence-electron chi connectivity index (χ0n) is 17.1. The molecule has 2 aromatic rings. The Morgan fingerprint density at radius 1 is 1.14 bits per heavy atom. The first-order valence-electron chi connectivity index (χ1n) is 10.3. The van der Waals surface area contributed by atoms with Gasteiger partial charge in [-0.05, 0) is 56.2 Å². The van der Waals surface area contributed by atoms with Gasteiger partial charge in [-0.1, -0.05) is 49.2 Å². The Bertz CT molecular complexity index is 844. The van der Waals surface area contributed by atoms with E-state index in [0.29, 0.717) is 10.9 Å². The fourth-order valence-electron chi connectivity index (χ4n) is 3.90. The third-order valence-corrected chi connectivity index (χ3v) is 6.12. The van der Waals surface area contributed by atoms with E-state index in [0.717, 1.165) is 56.6 Å². The average Bonchev–Trinajstić information content (AvgIpc) is 2.69. The number of hydrogen-bond donors (Lipinski definition) is 1. The molecular weight excluding hydrogens is 372 g/mol. The summed E-state index contributed by atoms with van der Waals surface area (Å²) in [5, 5.41) is 10.5. The summed E-state index contributed by atoms with van der Waals surface area (Å²) in [6, 6.07) is 10.3. The molecular formula is C23H31ClN2O2. The smallest absolute Gasteiger partial charge is 0.271 e. The van der Waals surface area contributed by atoms with Crippen LogP contribution in [0, 0.1) is 0 Å². The maximum atomic E-state index is 12.5. The van der Waals surface area contributed by atoms with Crippen LogP contribution in [-0.2, 0) is 12.1 Å². The Hall–Kier alpha value is -1.78. The van der Waals surface area contributed by atoms with Crippen LogP contribution in [0.15, 0.2) is 41.3 Å². The van der Waals surface area contributed by atoms with Gasteiger partial charge in [-0.25, -0.2) is 0 Å². The van der Waals surface area contributed by atoms with Gasteiger partial charge in [0.2, 0.25) is 0 Å². The number of anilines is 1. The quantitative estimate of drug-likeness (QED) is 0.746. The maximum Gasteiger partial charge on any atom is 0.271 e. The van der Waals surface area contributed by atoms with Crippen molar-refractivity contribution in [1.29, 1.82) is 0 Å². The first-order valence-corrected chi connectivity index (χ1v) is 10.7. The lowest BCUT2D eigenvalue weighted by molar-refractivity contribution is 0.0786. The Balaban J connectivity index is 1.67. The van der Waals surface area contributed by atoms with Crippen molar-refractivity contribution in [2.24, 2.45) is 0 Å². The Morgan fingerprint density at radius 3 is 2.36 bits per heavy atom. The number of aryl methyl sites for hydroxylation is 1. The first kappa shape index (κ1) is 20.9. The molecule has 4 nitrogen and oxygen atoms in total. The number of pyridine rings is 1. The molecule has 1 aromatic carbocycles. The molecule has 0 aliphatic carbocycles. The van der Waals surface area contributed by atoms with Crippen molar-refractivity contribution in [3.63, 3.8) is 0 Å². The minimum Gasteiger partial charge on any atom is -0.386 e. The molecule has 1 aliphatic heterocycles. The summed E-state index contributed by atoms with van der Waals surface area (Å²) in [4.78, 5) is 14.8. The predicted molar refractivity (Wildman–Crippen MR) is 116 cm³/mol. The molecule has 0 radical (unpaired) electrons. The minimum absolute atomic E-state index is 0.0862. The third kappa shape index (κ3) is 4.61. The van der Waals surface area contributed by atoms with Crippen LogP contribution in [0.25, 0.3) is 0 Å². The van der Waals surface area contributed by atoms with E-state index < -0.39 is 5.60 Å². The number of aromatic nitrogens is 1. The number of halogens is 1. The highest BCUT2D eigenvalue weighted by molar-refractivity contribution is 6.33. The monoisotopic (exact) mass is 402 g/mol. The van der Waals surface area contributed by atoms with E-state index in [9.17, 15) is 9.90 Å². The molecule has 1 aromatic heterocycles. The van der Waals surface area contributed by atoms with Crippen LogP contribution < -0.4 is 10.5 Å². The van der Waals surface area contributed by atoms with E-state index in [1.807, 2.05) is 24.4 Å². The van der Waals surface area contributed by atoms with Crippen LogP contribution in [0.3, 0.4) is 0 Å². The van der Waals surface area contributed by atoms with Crippen LogP contribution in [-0.4, -0.2) is 22.8 Å². The zero-order valence-corrected chi connectivity index (χ0v) is 17.9. The van der Waals surface area contributed by atoms with Crippen LogP contribution in [0.2, 0.25) is 5.02 Å². The van der Waals surface area contributed by atoms with Gasteiger partial charge in [0, 0.05) is 25.8 Å². The van der Waals surface area contributed by atoms with E-state index >= 15 is 0 Å². The molecule has 5 heteroatoms. The number of rotatable bonds is 6. The van der Waals surface area contributed by atoms with Gasteiger partial charge in [-0.2, -0.15) is 0 Å². The van der Waals surface area contributed by atoms with Gasteiger partial charge >= 0.3 is 0 Å². The van der Waals surface area contributed by atoms with Crippen molar-refractivity contribution < 1.29 is 5.11 Å². The van der Waals surface area contributed by atoms with E-state index in [4.69, 9.17) is 11.6 Å². The summed E-state index contributed by atoms with van der Waals surface area (Å²) in [5.74, 6) is 0.496. The Labute approximate surface area is 172 Å². The van der Waals surface area contributed by atoms with E-state index in [1.165, 1.54) is 5.56 Å². The number of piperidine rings is 1. The van der Waals surface area contributed by atoms with Crippen molar-refractivity contribution in [2.75, 3.05) is 18.0 Å². The molecule has 1 N–H and O–H groups in total. The van der Waals surface area contributed by atoms with Crippen molar-refractivity contribution >= 4 is 17.3 Å². The van der Waals surface area contributed by atoms with E-state index in [-0.39, 0.29) is 5.56 Å². The van der Waals surface area contributed by atoms with Gasteiger partial charge in [0.05, 0.1) is 11.3 Å². The highest BCUT2D eigenvalue weighted by Gasteiger charge is 2.24. The van der Waals surface area contributed by atoms with Crippen molar-refractivity contribution in [3.05, 3.63) is 63.0 Å². The normalized spacial score (nSPS) is 15.8. The Kier molecular flexibility index (Phi) is 6.51. The standard InChI is InChI=1S/C23H31ClN2O2/c1-4-5-13-26-16-12-20(21(24)22(26)27)25-14-10-18(11-15-25)17-6-8-19(9-7-17)23(2,3)28/h6-9,12,16,18,28H,4-5,10-11,13-15H2,1-3H3. The molecule has 0 amide bonds. The van der Waals surface area contributed by atoms with Gasteiger partial charge in [0.25, 0.3) is 5.56 Å². The first-order chi connectivity index (χ1) is 13.3. The van der Waals surface area contributed by atoms with E-state index in [2.05, 4.69) is 24.0 Å². The lowest BCUT2D eigenvalue weighted by atomic mass is 9.87. The molecule has 1 aliphatic rings. The Morgan fingerprint density at radius 2 is 1.79 bits per heavy atom. The van der Waals surface area contributed by atoms with Crippen LogP contribution in [0.1, 0.15) is 63.5 Å². The lowest BCUT2D eigenvalue weighted by Crippen LogP contribution is -2.34. The molecule has 0 saturated carbocycles. The van der Waals surface area contributed by atoms with Crippen LogP contribution in [0.4, 0.5) is 5.69 Å². The fraction of sp³-hybridized carbons (Fsp3) is 0.522. The number of aliphatic hydroxyl groups is 1. The van der Waals surface area contributed by atoms with Gasteiger partial charge in [-0.15, -0.1) is 0 Å². The molecule has 1 saturated heterocycles. The summed E-state index contributed by atoms with van der Waals surface area (Å²) in [5.41, 5.74) is 2.21. The fourth-order valence-corrected chi connectivity index (χ4v) is 4.19. The van der Waals surface area contributed by atoms with E-state index in [1.54, 1.807) is 18.4 Å². The molecule has 3 rings (SSSR count). The molecule has 1 fully saturated rings. The minimum atomic E-state index is -0.810. The molecule has 0 atom stereocenters. The molecule has 2 heterocycles. The number of unbranched alkanes of at least 4 members (excludes halogenated alkanes) is 1. The number of nitrogens with zero attached hydrogens (tertiary/aromatic N) is 2. The van der Waals surface area contributed by atoms with Gasteiger partial charge < -0.3 is 14.6 Å². The summed E-state index contributed by atoms with van der Waals surface area (Å²) in [7, 11) is 0. The molecule has 0 spiro atoms. The number of benzene rings is 1. The van der Waals surface area contributed by atoms with Gasteiger partial charge in [0.1, 0.15) is 5.02 Å². The summed E-state index contributed by atoms with van der Waals surface area (Å²) in [6.07, 6.45) is 5.96. The topological polar surface area (TPSA) is 45.5 Å². The van der Waals surface area contributed by atoms with Crippen molar-refractivity contribution in [2.45, 2.75) is 64.5 Å². The second kappa shape index (κ2) is 8.71. The summed E-state index contributed by atoms with van der Waals surface area (Å²) < 4.78 is 1.71. The van der Waals surface area contributed by atoms with Gasteiger partial charge in [-0.3, -0.25) is 4.79 Å². The largest absolute Gasteiger partial charge is 0.386 e. The van der Waals surface area contributed by atoms with Gasteiger partial charge in [0.15, 0.2) is 0 Å². The molecule has 28 heavy (non-hydrogen) atoms. The maximum absolute atomic E-state index is 12.5. The average molecular weight is 403 g/mol. The van der Waals surface area contributed by atoms with Crippen molar-refractivity contribution in [3.8, 4) is 0 Å². The molecule has 0 unspecified atom stereocenters. The molecule has 0 bridgehead atoms. The highest BCUT2D eigenvalue weighted by Crippen LogP contribution is 2.33. The van der Waals surface area contributed by atoms with Crippen LogP contribution in [0.5, 0.6) is 0 Å². The zero-order chi connectivity index (χ0) is 20.3. The SMILES string of the molecule is CCCCn1ccc(N2CCC(c3ccc(C(C)(C)O)cc3)CC2)c(Cl)c1=O. The molecule has 152 valence electrons. The highest BCUT2D eigenvalue weighted by atomic mass is 35.5. The summed E-state index contributed by atoms with van der Waals surface area (Å²) in [6.45, 7) is 8.22. The predicted octanol–water partition coefficient (Wildman–Crippen LogP) is 4.91. The second-order valence-corrected chi connectivity index (χ2v) is 8.69. The van der Waals surface area contributed by atoms with Crippen molar-refractivity contribution in [1.82, 2.24) is 4.57 Å². The third-order valence-electron chi connectivity index (χ3n) is 5.76. The lowest BCUT2D eigenvalue weighted by Gasteiger charge is -2.34. The number of hydrogen-bond acceptors (Lipinski definition) is 3. The summed E-state index contributed by atoms with van der Waals surface area (Å²) >= 11 is 6.43. The second-order valence-electron chi connectivity index (χ2n) is 8.31.